The minimum atomic E-state index is -0.776. The Morgan fingerprint density at radius 1 is 0.671 bits per heavy atom. The average molecular weight is 1070 g/mol. The van der Waals surface area contributed by atoms with Gasteiger partial charge in [0.05, 0.1) is 24.7 Å². The summed E-state index contributed by atoms with van der Waals surface area (Å²) in [6, 6.07) is 21.0. The van der Waals surface area contributed by atoms with Gasteiger partial charge in [0.15, 0.2) is 23.0 Å². The quantitative estimate of drug-likeness (QED) is 0.0331. The van der Waals surface area contributed by atoms with Crippen LogP contribution in [0.3, 0.4) is 0 Å². The number of hydrogen-bond donors (Lipinski definition) is 6. The molecule has 79 heavy (non-hydrogen) atoms. The molecule has 23 heteroatoms. The van der Waals surface area contributed by atoms with E-state index in [1.165, 1.54) is 0 Å². The van der Waals surface area contributed by atoms with Gasteiger partial charge >= 0.3 is 0 Å². The largest absolute Gasteiger partial charge is 0.364 e. The molecule has 2 aromatic carbocycles. The molecule has 10 N–H and O–H groups in total. The van der Waals surface area contributed by atoms with Gasteiger partial charge in [0.2, 0.25) is 11.6 Å². The predicted molar refractivity (Wildman–Crippen MR) is 290 cm³/mol. The summed E-state index contributed by atoms with van der Waals surface area (Å²) in [4.78, 5) is 109. The van der Waals surface area contributed by atoms with Gasteiger partial charge < -0.3 is 48.4 Å². The lowest BCUT2D eigenvalue weighted by molar-refractivity contribution is -0.131. The maximum absolute atomic E-state index is 13.2. The number of imidazole rings is 2. The third-order valence-electron chi connectivity index (χ3n) is 13.6. The van der Waals surface area contributed by atoms with Gasteiger partial charge in [-0.15, -0.1) is 0 Å². The number of aromatic nitrogens is 6. The summed E-state index contributed by atoms with van der Waals surface area (Å²) in [6.07, 6.45) is 12.7. The maximum Gasteiger partial charge on any atom is 0.269 e. The van der Waals surface area contributed by atoms with E-state index in [4.69, 9.17) is 35.0 Å². The van der Waals surface area contributed by atoms with Crippen LogP contribution in [-0.4, -0.2) is 93.9 Å². The molecule has 2 saturated carbocycles. The summed E-state index contributed by atoms with van der Waals surface area (Å²) in [5.74, 6) is 11.8. The number of allylic oxidation sites excluding steroid dienone is 1. The molecule has 6 aromatic rings. The zero-order valence-corrected chi connectivity index (χ0v) is 43.5. The molecule has 4 aliphatic rings. The third kappa shape index (κ3) is 13.0. The van der Waals surface area contributed by atoms with E-state index in [9.17, 15) is 33.6 Å². The van der Waals surface area contributed by atoms with Crippen LogP contribution >= 0.6 is 0 Å². The molecule has 0 bridgehead atoms. The van der Waals surface area contributed by atoms with Gasteiger partial charge in [-0.3, -0.25) is 28.8 Å². The van der Waals surface area contributed by atoms with Crippen molar-refractivity contribution in [3.63, 3.8) is 0 Å². The number of amides is 6. The molecule has 10 rings (SSSR count). The van der Waals surface area contributed by atoms with Gasteiger partial charge in [0.25, 0.3) is 29.5 Å². The number of nitrogens with two attached hydrogens (primary N) is 4. The van der Waals surface area contributed by atoms with Gasteiger partial charge in [-0.05, 0) is 119 Å². The van der Waals surface area contributed by atoms with Crippen LogP contribution in [0.15, 0.2) is 97.0 Å². The molecule has 0 radical (unpaired) electrons. The second kappa shape index (κ2) is 24.3. The normalized spacial score (nSPS) is 16.5. The van der Waals surface area contributed by atoms with Crippen molar-refractivity contribution in [3.8, 4) is 28.6 Å². The summed E-state index contributed by atoms with van der Waals surface area (Å²) < 4.78 is 2.25. The van der Waals surface area contributed by atoms with Crippen molar-refractivity contribution in [1.29, 1.82) is 5.26 Å². The third-order valence-corrected chi connectivity index (χ3v) is 13.6. The second-order valence-corrected chi connectivity index (χ2v) is 19.5. The van der Waals surface area contributed by atoms with Crippen LogP contribution in [0, 0.1) is 43.6 Å². The second-order valence-electron chi connectivity index (χ2n) is 19.5. The first-order valence-electron chi connectivity index (χ1n) is 25.6. The number of rotatable bonds is 14. The first-order chi connectivity index (χ1) is 38.0. The van der Waals surface area contributed by atoms with Crippen molar-refractivity contribution in [2.45, 2.75) is 83.7 Å². The van der Waals surface area contributed by atoms with Gasteiger partial charge in [0, 0.05) is 53.7 Å². The lowest BCUT2D eigenvalue weighted by Gasteiger charge is -2.24. The molecule has 404 valence electrons. The standard InChI is InChI=1S/C28H28N8O3.C24H24N8O3.C4H6O/c1-16-5-12-22(32-15-16)33-27(38)19-10-8-18(9-11-19)23-24(25(29)37)36(30)26(34-23)21-4-3-13-35(21)28(39)20(31-2)14-17-6-7-17;1-14-4-9-18(28-13-14)29-24(35)16-7-5-15(6-8-16)20-21(22(26)34)32(27)23(30-20)17-3-2-12-31(17)19(33)10-11-25;5-3-4-1-2-4/h5,8-12,14-15,17,21H,3-4,6-7,13,30H2,1H3,(H2,29,37)(H,32,33,38);4-9,13,17H,2-3,10,12,27H2,1H3,(H2,26,34)(H,28,29,35);3-4H,1-2H2/b20-14-;;/t21-;17-;/m00./s1. The lowest BCUT2D eigenvalue weighted by atomic mass is 10.1. The number of primary amides is 2. The van der Waals surface area contributed by atoms with Crippen molar-refractivity contribution >= 4 is 53.4 Å². The van der Waals surface area contributed by atoms with Crippen molar-refractivity contribution in [2.75, 3.05) is 35.4 Å². The van der Waals surface area contributed by atoms with Crippen molar-refractivity contribution < 1.29 is 33.6 Å². The minimum Gasteiger partial charge on any atom is -0.364 e. The number of anilines is 2. The van der Waals surface area contributed by atoms with Crippen molar-refractivity contribution in [2.24, 2.45) is 23.3 Å². The zero-order valence-electron chi connectivity index (χ0n) is 43.5. The van der Waals surface area contributed by atoms with E-state index in [1.54, 1.807) is 88.9 Å². The first kappa shape index (κ1) is 55.2. The molecule has 0 spiro atoms. The van der Waals surface area contributed by atoms with Crippen LogP contribution < -0.4 is 33.8 Å². The highest BCUT2D eigenvalue weighted by Gasteiger charge is 2.38. The van der Waals surface area contributed by atoms with Crippen LogP contribution in [0.4, 0.5) is 11.6 Å². The van der Waals surface area contributed by atoms with Gasteiger partial charge in [-0.25, -0.2) is 34.1 Å². The Balaban J connectivity index is 0.000000192. The summed E-state index contributed by atoms with van der Waals surface area (Å²) in [6.45, 7) is 12.2. The van der Waals surface area contributed by atoms with E-state index in [2.05, 4.69) is 35.4 Å². The van der Waals surface area contributed by atoms with Gasteiger partial charge in [0.1, 0.15) is 35.7 Å². The van der Waals surface area contributed by atoms with Gasteiger partial charge in [-0.2, -0.15) is 5.26 Å². The van der Waals surface area contributed by atoms with Crippen LogP contribution in [0.5, 0.6) is 0 Å². The molecule has 2 saturated heterocycles. The number of likely N-dealkylation sites (tertiary alicyclic amines) is 2. The van der Waals surface area contributed by atoms with Crippen LogP contribution in [0.1, 0.15) is 134 Å². The van der Waals surface area contributed by atoms with E-state index in [0.29, 0.717) is 83.8 Å². The number of nitrogen functional groups attached to an aromatic ring is 2. The van der Waals surface area contributed by atoms with Gasteiger partial charge in [-0.1, -0.05) is 42.5 Å². The molecule has 4 fully saturated rings. The number of carbonyl (C=O) groups is 7. The fourth-order valence-corrected chi connectivity index (χ4v) is 9.07. The number of nitriles is 1. The smallest absolute Gasteiger partial charge is 0.269 e. The van der Waals surface area contributed by atoms with Crippen LogP contribution in [0.2, 0.25) is 0 Å². The molecule has 0 unspecified atom stereocenters. The maximum atomic E-state index is 13.2. The summed E-state index contributed by atoms with van der Waals surface area (Å²) in [7, 11) is 0. The molecule has 4 aromatic heterocycles. The molecular weight excluding hydrogens is 1010 g/mol. The predicted octanol–water partition coefficient (Wildman–Crippen LogP) is 5.69. The molecule has 2 aliphatic carbocycles. The Hall–Kier alpha value is -10.0. The molecule has 2 aliphatic heterocycles. The number of nitrogens with one attached hydrogen (secondary N) is 2. The number of aryl methyl sites for hydroxylation is 2. The van der Waals surface area contributed by atoms with Crippen LogP contribution in [-0.2, 0) is 14.4 Å². The summed E-state index contributed by atoms with van der Waals surface area (Å²) >= 11 is 0. The Morgan fingerprint density at radius 2 is 1.11 bits per heavy atom. The summed E-state index contributed by atoms with van der Waals surface area (Å²) in [5, 5.41) is 14.4. The topological polar surface area (TPSA) is 344 Å². The highest BCUT2D eigenvalue weighted by Crippen LogP contribution is 2.38. The minimum absolute atomic E-state index is 0.00993. The summed E-state index contributed by atoms with van der Waals surface area (Å²) in [5.41, 5.74) is 15.7. The molecular formula is C56H58N16O7. The first-order valence-corrected chi connectivity index (χ1v) is 25.6. The highest BCUT2D eigenvalue weighted by molar-refractivity contribution is 6.05. The average Bonchev–Trinajstić information content (AvgIpc) is 4.47. The fourth-order valence-electron chi connectivity index (χ4n) is 9.07. The Bertz CT molecular complexity index is 3420. The Kier molecular flexibility index (Phi) is 17.0. The Morgan fingerprint density at radius 3 is 1.48 bits per heavy atom. The monoisotopic (exact) mass is 1070 g/mol. The Labute approximate surface area is 454 Å². The van der Waals surface area contributed by atoms with E-state index in [1.807, 2.05) is 32.0 Å². The van der Waals surface area contributed by atoms with E-state index < -0.39 is 23.9 Å². The van der Waals surface area contributed by atoms with Crippen molar-refractivity contribution in [1.82, 2.24) is 39.1 Å². The fraction of sp³-hybridized carbons (Fsp3) is 0.304. The number of carbonyl (C=O) groups excluding carboxylic acids is 7. The van der Waals surface area contributed by atoms with Crippen LogP contribution in [0.25, 0.3) is 27.4 Å². The zero-order chi connectivity index (χ0) is 56.5. The van der Waals surface area contributed by atoms with E-state index in [0.717, 1.165) is 58.9 Å². The SMILES string of the molecule is Cc1ccc(NC(=O)c2ccc(-c3nc([C@@H]4CCCN4C(=O)CC#N)n(N)c3C(N)=O)cc2)nc1.O=CC1CC1.[C-]#[N+]/C(=C\C1CC1)C(=O)N1CCC[C@H]1c1nc(-c2ccc(C(=O)Nc3ccc(C)cn3)cc2)c(C(N)=O)n1N. The molecule has 6 amide bonds. The van der Waals surface area contributed by atoms with E-state index >= 15 is 0 Å². The number of aldehydes is 1. The lowest BCUT2D eigenvalue weighted by Crippen LogP contribution is -2.34. The molecule has 23 nitrogen and oxygen atoms in total. The molecule has 2 atom stereocenters. The molecule has 6 heterocycles. The number of benzene rings is 2. The number of hydrogen-bond acceptors (Lipinski definition) is 14. The highest BCUT2D eigenvalue weighted by atomic mass is 16.2. The number of pyridine rings is 2. The van der Waals surface area contributed by atoms with Crippen molar-refractivity contribution in [3.05, 3.63) is 154 Å². The number of nitrogens with zero attached hydrogens (tertiary/aromatic N) is 10. The van der Waals surface area contributed by atoms with E-state index in [-0.39, 0.29) is 64.4 Å².